The molecule has 142 valence electrons. The van der Waals surface area contributed by atoms with Crippen molar-refractivity contribution in [2.75, 3.05) is 0 Å². The van der Waals surface area contributed by atoms with Crippen LogP contribution in [0.4, 0.5) is 0 Å². The lowest BCUT2D eigenvalue weighted by Crippen LogP contribution is -2.04. The predicted octanol–water partition coefficient (Wildman–Crippen LogP) is 4.63. The van der Waals surface area contributed by atoms with E-state index in [9.17, 15) is 9.59 Å². The summed E-state index contributed by atoms with van der Waals surface area (Å²) in [4.78, 5) is 28.8. The van der Waals surface area contributed by atoms with Crippen LogP contribution in [0.1, 0.15) is 27.0 Å². The van der Waals surface area contributed by atoms with Gasteiger partial charge in [-0.25, -0.2) is 4.79 Å². The Kier molecular flexibility index (Phi) is 5.03. The Balaban J connectivity index is 1.53. The lowest BCUT2D eigenvalue weighted by molar-refractivity contribution is -0.128. The average Bonchev–Trinajstić information content (AvgIpc) is 3.03. The summed E-state index contributed by atoms with van der Waals surface area (Å²) in [5, 5.41) is 0. The Labute approximate surface area is 167 Å². The number of esters is 1. The van der Waals surface area contributed by atoms with Crippen LogP contribution in [-0.2, 0) is 4.79 Å². The molecular formula is C24H17NO4. The van der Waals surface area contributed by atoms with Gasteiger partial charge in [0.2, 0.25) is 5.78 Å². The summed E-state index contributed by atoms with van der Waals surface area (Å²) < 4.78 is 11.1. The predicted molar refractivity (Wildman–Crippen MR) is 109 cm³/mol. The van der Waals surface area contributed by atoms with Gasteiger partial charge in [-0.3, -0.25) is 9.78 Å². The molecule has 1 aromatic heterocycles. The monoisotopic (exact) mass is 383 g/mol. The molecule has 1 aliphatic heterocycles. The largest absolute Gasteiger partial charge is 0.452 e. The number of pyridine rings is 1. The van der Waals surface area contributed by atoms with Gasteiger partial charge >= 0.3 is 5.97 Å². The summed E-state index contributed by atoms with van der Waals surface area (Å²) in [5.74, 6) is 0.218. The van der Waals surface area contributed by atoms with Crippen LogP contribution in [0.3, 0.4) is 0 Å². The molecule has 0 radical (unpaired) electrons. The number of aryl methyl sites for hydroxylation is 1. The first kappa shape index (κ1) is 18.4. The standard InChI is InChI=1S/C24H17NO4/c1-16-13-19(28-22(26)8-7-17-5-3-2-4-6-17)15-20-23(16)24(27)21(29-20)14-18-9-11-25-12-10-18/h2-15H,1H3. The number of ketones is 1. The zero-order chi connectivity index (χ0) is 20.2. The highest BCUT2D eigenvalue weighted by atomic mass is 16.5. The van der Waals surface area contributed by atoms with Crippen molar-refractivity contribution in [3.05, 3.63) is 101 Å². The summed E-state index contributed by atoms with van der Waals surface area (Å²) in [6.07, 6.45) is 7.99. The van der Waals surface area contributed by atoms with Crippen molar-refractivity contribution in [2.45, 2.75) is 6.92 Å². The van der Waals surface area contributed by atoms with Gasteiger partial charge in [0.1, 0.15) is 11.5 Å². The molecular weight excluding hydrogens is 366 g/mol. The zero-order valence-electron chi connectivity index (χ0n) is 15.7. The number of Topliss-reactive ketones (excluding diaryl/α,β-unsaturated/α-hetero) is 1. The molecule has 0 unspecified atom stereocenters. The van der Waals surface area contributed by atoms with Crippen molar-refractivity contribution in [1.82, 2.24) is 4.98 Å². The van der Waals surface area contributed by atoms with Crippen molar-refractivity contribution >= 4 is 23.9 Å². The highest BCUT2D eigenvalue weighted by molar-refractivity contribution is 6.15. The summed E-state index contributed by atoms with van der Waals surface area (Å²) in [6, 6.07) is 16.2. The lowest BCUT2D eigenvalue weighted by atomic mass is 10.0. The molecule has 0 N–H and O–H groups in total. The maximum atomic E-state index is 12.7. The van der Waals surface area contributed by atoms with Crippen molar-refractivity contribution in [3.63, 3.8) is 0 Å². The van der Waals surface area contributed by atoms with E-state index in [0.29, 0.717) is 22.6 Å². The van der Waals surface area contributed by atoms with Gasteiger partial charge < -0.3 is 9.47 Å². The number of hydrogen-bond donors (Lipinski definition) is 0. The Morgan fingerprint density at radius 2 is 1.79 bits per heavy atom. The molecule has 0 fully saturated rings. The molecule has 29 heavy (non-hydrogen) atoms. The molecule has 0 saturated carbocycles. The van der Waals surface area contributed by atoms with E-state index in [4.69, 9.17) is 9.47 Å². The molecule has 0 atom stereocenters. The lowest BCUT2D eigenvalue weighted by Gasteiger charge is -2.06. The molecule has 5 heteroatoms. The van der Waals surface area contributed by atoms with Gasteiger partial charge in [0.15, 0.2) is 5.76 Å². The second-order valence-corrected chi connectivity index (χ2v) is 6.50. The Bertz CT molecular complexity index is 1130. The first-order valence-electron chi connectivity index (χ1n) is 9.04. The van der Waals surface area contributed by atoms with Gasteiger partial charge in [-0.1, -0.05) is 30.3 Å². The third kappa shape index (κ3) is 4.14. The molecule has 2 heterocycles. The molecule has 1 aliphatic rings. The molecule has 3 aromatic rings. The topological polar surface area (TPSA) is 65.5 Å². The second-order valence-electron chi connectivity index (χ2n) is 6.50. The van der Waals surface area contributed by atoms with Crippen LogP contribution >= 0.6 is 0 Å². The Morgan fingerprint density at radius 1 is 1.03 bits per heavy atom. The number of rotatable bonds is 4. The van der Waals surface area contributed by atoms with Crippen LogP contribution < -0.4 is 9.47 Å². The quantitative estimate of drug-likeness (QED) is 0.373. The van der Waals surface area contributed by atoms with Crippen molar-refractivity contribution in [1.29, 1.82) is 0 Å². The molecule has 2 aromatic carbocycles. The zero-order valence-corrected chi connectivity index (χ0v) is 15.7. The third-order valence-electron chi connectivity index (χ3n) is 4.38. The number of carbonyl (C=O) groups excluding carboxylic acids is 2. The summed E-state index contributed by atoms with van der Waals surface area (Å²) in [5.41, 5.74) is 2.87. The van der Waals surface area contributed by atoms with E-state index >= 15 is 0 Å². The first-order chi connectivity index (χ1) is 14.1. The molecule has 5 nitrogen and oxygen atoms in total. The number of carbonyl (C=O) groups is 2. The van der Waals surface area contributed by atoms with E-state index in [2.05, 4.69) is 4.98 Å². The molecule has 0 saturated heterocycles. The Morgan fingerprint density at radius 3 is 2.55 bits per heavy atom. The van der Waals surface area contributed by atoms with Gasteiger partial charge in [-0.05, 0) is 54.0 Å². The van der Waals surface area contributed by atoms with Crippen molar-refractivity contribution in [2.24, 2.45) is 0 Å². The fourth-order valence-electron chi connectivity index (χ4n) is 3.03. The molecule has 0 aliphatic carbocycles. The van der Waals surface area contributed by atoms with Crippen LogP contribution in [0.2, 0.25) is 0 Å². The third-order valence-corrected chi connectivity index (χ3v) is 4.38. The first-order valence-corrected chi connectivity index (χ1v) is 9.04. The SMILES string of the molecule is Cc1cc(OC(=O)C=Cc2ccccc2)cc2c1C(=O)C(=Cc1ccncc1)O2. The molecule has 0 spiro atoms. The minimum Gasteiger partial charge on any atom is -0.452 e. The van der Waals surface area contributed by atoms with E-state index in [0.717, 1.165) is 11.1 Å². The van der Waals surface area contributed by atoms with Crippen molar-refractivity contribution in [3.8, 4) is 11.5 Å². The number of fused-ring (bicyclic) bond motifs is 1. The van der Waals surface area contributed by atoms with E-state index in [1.165, 1.54) is 6.08 Å². The van der Waals surface area contributed by atoms with Crippen LogP contribution in [0.5, 0.6) is 11.5 Å². The number of ether oxygens (including phenoxy) is 2. The smallest absolute Gasteiger partial charge is 0.336 e. The minimum atomic E-state index is -0.509. The highest BCUT2D eigenvalue weighted by Gasteiger charge is 2.30. The second kappa shape index (κ2) is 7.94. The van der Waals surface area contributed by atoms with Crippen LogP contribution in [0.15, 0.2) is 78.8 Å². The van der Waals surface area contributed by atoms with E-state index in [1.807, 2.05) is 30.3 Å². The minimum absolute atomic E-state index is 0.198. The maximum absolute atomic E-state index is 12.7. The van der Waals surface area contributed by atoms with Gasteiger partial charge in [-0.15, -0.1) is 0 Å². The molecule has 4 rings (SSSR count). The average molecular weight is 383 g/mol. The number of allylic oxidation sites excluding steroid dienone is 1. The maximum Gasteiger partial charge on any atom is 0.336 e. The van der Waals surface area contributed by atoms with Crippen LogP contribution in [0, 0.1) is 6.92 Å². The van der Waals surface area contributed by atoms with Gasteiger partial charge in [0, 0.05) is 24.5 Å². The fourth-order valence-corrected chi connectivity index (χ4v) is 3.03. The van der Waals surface area contributed by atoms with Gasteiger partial charge in [0.05, 0.1) is 5.56 Å². The molecule has 0 bridgehead atoms. The van der Waals surface area contributed by atoms with Gasteiger partial charge in [-0.2, -0.15) is 0 Å². The number of nitrogens with zero attached hydrogens (tertiary/aromatic N) is 1. The Hall–Kier alpha value is -3.99. The van der Waals surface area contributed by atoms with Gasteiger partial charge in [0.25, 0.3) is 0 Å². The highest BCUT2D eigenvalue weighted by Crippen LogP contribution is 2.37. The number of aromatic nitrogens is 1. The molecule has 0 amide bonds. The fraction of sp³-hybridized carbons (Fsp3) is 0.0417. The van der Waals surface area contributed by atoms with Crippen LogP contribution in [0.25, 0.3) is 12.2 Å². The van der Waals surface area contributed by atoms with Crippen LogP contribution in [-0.4, -0.2) is 16.7 Å². The van der Waals surface area contributed by atoms with E-state index in [1.54, 1.807) is 55.7 Å². The summed E-state index contributed by atoms with van der Waals surface area (Å²) in [6.45, 7) is 1.78. The van der Waals surface area contributed by atoms with E-state index < -0.39 is 5.97 Å². The number of benzene rings is 2. The van der Waals surface area contributed by atoms with Crippen molar-refractivity contribution < 1.29 is 19.1 Å². The normalized spacial score (nSPS) is 14.1. The summed E-state index contributed by atoms with van der Waals surface area (Å²) in [7, 11) is 0. The van der Waals surface area contributed by atoms with E-state index in [-0.39, 0.29) is 11.5 Å². The summed E-state index contributed by atoms with van der Waals surface area (Å²) >= 11 is 0. The number of hydrogen-bond acceptors (Lipinski definition) is 5.